The van der Waals surface area contributed by atoms with E-state index in [1.807, 2.05) is 6.20 Å². The summed E-state index contributed by atoms with van der Waals surface area (Å²) in [4.78, 5) is 13.1. The Morgan fingerprint density at radius 2 is 2.15 bits per heavy atom. The Bertz CT molecular complexity index is 556. The zero-order chi connectivity index (χ0) is 17.5. The fourth-order valence-electron chi connectivity index (χ4n) is 3.97. The second kappa shape index (κ2) is 11.4. The fraction of sp³-hybridized carbons (Fsp3) is 0.789. The van der Waals surface area contributed by atoms with Crippen LogP contribution in [0, 0.1) is 12.8 Å². The van der Waals surface area contributed by atoms with Crippen LogP contribution in [0.15, 0.2) is 11.2 Å². The molecule has 1 aromatic heterocycles. The van der Waals surface area contributed by atoms with E-state index in [0.29, 0.717) is 6.04 Å². The van der Waals surface area contributed by atoms with Crippen LogP contribution in [0.2, 0.25) is 0 Å². The third-order valence-electron chi connectivity index (χ3n) is 5.21. The van der Waals surface area contributed by atoms with E-state index >= 15 is 0 Å². The van der Waals surface area contributed by atoms with Crippen molar-refractivity contribution in [3.8, 4) is 0 Å². The van der Waals surface area contributed by atoms with E-state index in [2.05, 4.69) is 34.4 Å². The molecule has 1 aliphatic carbocycles. The third kappa shape index (κ3) is 6.96. The molecule has 2 fully saturated rings. The number of rotatable bonds is 7. The number of aromatic nitrogens is 1. The second-order valence-corrected chi connectivity index (χ2v) is 8.73. The van der Waals surface area contributed by atoms with Gasteiger partial charge in [0.25, 0.3) is 0 Å². The zero-order valence-electron chi connectivity index (χ0n) is 16.2. The number of halogens is 1. The molecule has 1 saturated heterocycles. The van der Waals surface area contributed by atoms with Crippen molar-refractivity contribution in [1.82, 2.24) is 20.5 Å². The van der Waals surface area contributed by atoms with Crippen molar-refractivity contribution in [3.63, 3.8) is 0 Å². The molecule has 2 aliphatic rings. The number of hydrogen-bond donors (Lipinski definition) is 2. The van der Waals surface area contributed by atoms with Gasteiger partial charge in [-0.1, -0.05) is 12.8 Å². The molecule has 0 spiro atoms. The maximum Gasteiger partial charge on any atom is 0.191 e. The summed E-state index contributed by atoms with van der Waals surface area (Å²) in [5, 5.41) is 8.22. The highest BCUT2D eigenvalue weighted by Crippen LogP contribution is 2.26. The van der Waals surface area contributed by atoms with Crippen molar-refractivity contribution in [2.24, 2.45) is 10.9 Å². The first-order valence-electron chi connectivity index (χ1n) is 9.91. The standard InChI is InChI=1S/C19H33N5S.HI/c1-3-20-19(21-10-8-18-22-12-15(2)25-18)23-17-9-11-24(14-17)13-16-6-4-5-7-16;/h12,16-17H,3-11,13-14H2,1-2H3,(H2,20,21,23);1H. The molecule has 1 aliphatic heterocycles. The van der Waals surface area contributed by atoms with E-state index in [-0.39, 0.29) is 24.0 Å². The number of hydrogen-bond acceptors (Lipinski definition) is 4. The molecule has 0 radical (unpaired) electrons. The number of aliphatic imine (C=N–C) groups is 1. The van der Waals surface area contributed by atoms with Crippen molar-refractivity contribution in [2.75, 3.05) is 32.7 Å². The molecule has 3 rings (SSSR count). The number of aryl methyl sites for hydroxylation is 1. The largest absolute Gasteiger partial charge is 0.357 e. The first-order chi connectivity index (χ1) is 12.2. The van der Waals surface area contributed by atoms with E-state index < -0.39 is 0 Å². The van der Waals surface area contributed by atoms with Crippen molar-refractivity contribution in [2.45, 2.75) is 58.4 Å². The minimum absolute atomic E-state index is 0. The quantitative estimate of drug-likeness (QED) is 0.349. The molecule has 1 atom stereocenters. The Morgan fingerprint density at radius 1 is 1.35 bits per heavy atom. The number of guanidine groups is 1. The van der Waals surface area contributed by atoms with Gasteiger partial charge in [0.2, 0.25) is 0 Å². The van der Waals surface area contributed by atoms with Crippen LogP contribution in [-0.2, 0) is 6.42 Å². The molecule has 7 heteroatoms. The lowest BCUT2D eigenvalue weighted by molar-refractivity contribution is 0.275. The van der Waals surface area contributed by atoms with E-state index in [1.54, 1.807) is 11.3 Å². The fourth-order valence-corrected chi connectivity index (χ4v) is 4.74. The molecular weight excluding hydrogens is 457 g/mol. The van der Waals surface area contributed by atoms with E-state index in [4.69, 9.17) is 4.99 Å². The van der Waals surface area contributed by atoms with Crippen molar-refractivity contribution in [1.29, 1.82) is 0 Å². The van der Waals surface area contributed by atoms with Crippen LogP contribution < -0.4 is 10.6 Å². The van der Waals surface area contributed by atoms with Gasteiger partial charge in [0.15, 0.2) is 5.96 Å². The first-order valence-corrected chi connectivity index (χ1v) is 10.7. The lowest BCUT2D eigenvalue weighted by Crippen LogP contribution is -2.45. The number of likely N-dealkylation sites (tertiary alicyclic amines) is 1. The Hall–Kier alpha value is -0.410. The Kier molecular flexibility index (Phi) is 9.63. The Morgan fingerprint density at radius 3 is 2.85 bits per heavy atom. The summed E-state index contributed by atoms with van der Waals surface area (Å²) >= 11 is 1.77. The number of thiazole rings is 1. The van der Waals surface area contributed by atoms with Crippen LogP contribution in [0.1, 0.15) is 48.9 Å². The zero-order valence-corrected chi connectivity index (χ0v) is 19.3. The molecule has 1 saturated carbocycles. The highest BCUT2D eigenvalue weighted by Gasteiger charge is 2.26. The summed E-state index contributed by atoms with van der Waals surface area (Å²) < 4.78 is 0. The smallest absolute Gasteiger partial charge is 0.191 e. The summed E-state index contributed by atoms with van der Waals surface area (Å²) in [6.45, 7) is 9.62. The van der Waals surface area contributed by atoms with Gasteiger partial charge >= 0.3 is 0 Å². The Labute approximate surface area is 179 Å². The minimum atomic E-state index is 0. The molecular formula is C19H34IN5S. The number of nitrogens with zero attached hydrogens (tertiary/aromatic N) is 3. The van der Waals surface area contributed by atoms with E-state index in [9.17, 15) is 0 Å². The van der Waals surface area contributed by atoms with Crippen molar-refractivity contribution >= 4 is 41.3 Å². The molecule has 148 valence electrons. The first kappa shape index (κ1) is 21.9. The molecule has 1 aromatic rings. The normalized spacial score (nSPS) is 21.8. The van der Waals surface area contributed by atoms with Gasteiger partial charge < -0.3 is 15.5 Å². The third-order valence-corrected chi connectivity index (χ3v) is 6.19. The monoisotopic (exact) mass is 491 g/mol. The minimum Gasteiger partial charge on any atom is -0.357 e. The van der Waals surface area contributed by atoms with Gasteiger partial charge in [0.05, 0.1) is 5.01 Å². The molecule has 2 N–H and O–H groups in total. The van der Waals surface area contributed by atoms with Gasteiger partial charge in [0.1, 0.15) is 0 Å². The van der Waals surface area contributed by atoms with Gasteiger partial charge in [-0.05, 0) is 39.0 Å². The van der Waals surface area contributed by atoms with Crippen LogP contribution in [-0.4, -0.2) is 54.6 Å². The second-order valence-electron chi connectivity index (χ2n) is 7.42. The molecule has 0 aromatic carbocycles. The topological polar surface area (TPSA) is 52.6 Å². The highest BCUT2D eigenvalue weighted by atomic mass is 127. The van der Waals surface area contributed by atoms with Crippen molar-refractivity contribution < 1.29 is 0 Å². The molecule has 0 bridgehead atoms. The predicted molar refractivity (Wildman–Crippen MR) is 122 cm³/mol. The summed E-state index contributed by atoms with van der Waals surface area (Å²) in [5.74, 6) is 1.91. The van der Waals surface area contributed by atoms with Gasteiger partial charge in [-0.15, -0.1) is 35.3 Å². The molecule has 2 heterocycles. The summed E-state index contributed by atoms with van der Waals surface area (Å²) in [6, 6.07) is 0.529. The van der Waals surface area contributed by atoms with E-state index in [1.165, 1.54) is 55.1 Å². The Balaban J connectivity index is 0.00000243. The SMILES string of the molecule is CCNC(=NCCc1ncc(C)s1)NC1CCN(CC2CCCC2)C1.I. The van der Waals surface area contributed by atoms with Gasteiger partial charge in [-0.2, -0.15) is 0 Å². The summed E-state index contributed by atoms with van der Waals surface area (Å²) in [5.41, 5.74) is 0. The molecule has 0 amide bonds. The van der Waals surface area contributed by atoms with Gasteiger partial charge in [0, 0.05) is 56.3 Å². The van der Waals surface area contributed by atoms with E-state index in [0.717, 1.165) is 37.9 Å². The van der Waals surface area contributed by atoms with Crippen LogP contribution in [0.25, 0.3) is 0 Å². The average molecular weight is 491 g/mol. The molecule has 26 heavy (non-hydrogen) atoms. The lowest BCUT2D eigenvalue weighted by Gasteiger charge is -2.21. The van der Waals surface area contributed by atoms with Gasteiger partial charge in [-0.3, -0.25) is 4.99 Å². The average Bonchev–Trinajstić information content (AvgIpc) is 3.32. The number of nitrogens with one attached hydrogen (secondary N) is 2. The summed E-state index contributed by atoms with van der Waals surface area (Å²) in [7, 11) is 0. The van der Waals surface area contributed by atoms with Gasteiger partial charge in [-0.25, -0.2) is 4.98 Å². The maximum absolute atomic E-state index is 4.75. The van der Waals surface area contributed by atoms with Crippen LogP contribution in [0.5, 0.6) is 0 Å². The van der Waals surface area contributed by atoms with Crippen LogP contribution in [0.4, 0.5) is 0 Å². The highest BCUT2D eigenvalue weighted by molar-refractivity contribution is 14.0. The maximum atomic E-state index is 4.75. The van der Waals surface area contributed by atoms with Crippen LogP contribution in [0.3, 0.4) is 0 Å². The predicted octanol–water partition coefficient (Wildman–Crippen LogP) is 3.43. The summed E-state index contributed by atoms with van der Waals surface area (Å²) in [6.07, 6.45) is 9.86. The molecule has 5 nitrogen and oxygen atoms in total. The van der Waals surface area contributed by atoms with Crippen molar-refractivity contribution in [3.05, 3.63) is 16.1 Å². The lowest BCUT2D eigenvalue weighted by atomic mass is 10.1. The molecule has 1 unspecified atom stereocenters. The van der Waals surface area contributed by atoms with Crippen LogP contribution >= 0.6 is 35.3 Å².